The number of thiazole rings is 1. The van der Waals surface area contributed by atoms with Crippen molar-refractivity contribution in [1.29, 1.82) is 0 Å². The number of carbonyl (C=O) groups excluding carboxylic acids is 1. The molecular weight excluding hydrogens is 472 g/mol. The molecule has 8 heteroatoms. The van der Waals surface area contributed by atoms with Gasteiger partial charge in [0.25, 0.3) is 5.91 Å². The third kappa shape index (κ3) is 4.78. The van der Waals surface area contributed by atoms with Crippen molar-refractivity contribution < 1.29 is 14.7 Å². The number of hydrogen-bond acceptors (Lipinski definition) is 6. The van der Waals surface area contributed by atoms with Gasteiger partial charge >= 0.3 is 5.97 Å². The molecule has 2 aliphatic heterocycles. The zero-order chi connectivity index (χ0) is 26.3. The van der Waals surface area contributed by atoms with Gasteiger partial charge in [-0.25, -0.2) is 9.78 Å². The number of allylic oxidation sites excluding steroid dienone is 3. The predicted octanol–water partition coefficient (Wildman–Crippen LogP) is 5.50. The van der Waals surface area contributed by atoms with Gasteiger partial charge in [0.15, 0.2) is 0 Å². The largest absolute Gasteiger partial charge is 0.479 e. The van der Waals surface area contributed by atoms with E-state index in [0.717, 1.165) is 16.3 Å². The van der Waals surface area contributed by atoms with Gasteiger partial charge in [0.2, 0.25) is 0 Å². The number of amides is 1. The maximum atomic E-state index is 14.3. The highest BCUT2D eigenvalue weighted by Crippen LogP contribution is 2.49. The van der Waals surface area contributed by atoms with Crippen LogP contribution in [-0.4, -0.2) is 43.5 Å². The number of hydrazine groups is 1. The second-order valence-corrected chi connectivity index (χ2v) is 12.2. The van der Waals surface area contributed by atoms with E-state index >= 15 is 0 Å². The van der Waals surface area contributed by atoms with Crippen LogP contribution < -0.4 is 5.43 Å². The summed E-state index contributed by atoms with van der Waals surface area (Å²) in [4.78, 5) is 33.6. The maximum Gasteiger partial charge on any atom is 0.329 e. The Kier molecular flexibility index (Phi) is 7.01. The van der Waals surface area contributed by atoms with Crippen molar-refractivity contribution in [2.45, 2.75) is 77.4 Å². The summed E-state index contributed by atoms with van der Waals surface area (Å²) in [6, 6.07) is 6.73. The van der Waals surface area contributed by atoms with Gasteiger partial charge in [0.1, 0.15) is 16.6 Å². The van der Waals surface area contributed by atoms with E-state index in [2.05, 4.69) is 31.2 Å². The second-order valence-electron chi connectivity index (χ2n) is 11.2. The minimum atomic E-state index is -1.38. The number of nitrogens with zero attached hydrogens (tertiary/aromatic N) is 3. The first kappa shape index (κ1) is 25.9. The number of aliphatic carboxylic acids is 1. The van der Waals surface area contributed by atoms with Crippen LogP contribution in [0.4, 0.5) is 0 Å². The molecule has 0 saturated carbocycles. The first-order valence-electron chi connectivity index (χ1n) is 12.4. The zero-order valence-electron chi connectivity index (χ0n) is 21.9. The van der Waals surface area contributed by atoms with Crippen LogP contribution in [0.5, 0.6) is 0 Å². The molecule has 2 aromatic rings. The SMILES string of the molecule is CC1=CC=CN([C@H]2C[C@@](CC(C)C)(C(=O)O)N(C(=O)c3ccc(C(C)(C)C)cc3)[C@H]2c2nccs2)N1. The molecule has 1 aromatic heterocycles. The number of nitrogens with one attached hydrogen (secondary N) is 1. The van der Waals surface area contributed by atoms with E-state index in [-0.39, 0.29) is 29.7 Å². The van der Waals surface area contributed by atoms with Crippen LogP contribution >= 0.6 is 11.3 Å². The highest BCUT2D eigenvalue weighted by Gasteiger charge is 2.61. The Morgan fingerprint density at radius 1 is 1.25 bits per heavy atom. The Balaban J connectivity index is 1.86. The summed E-state index contributed by atoms with van der Waals surface area (Å²) in [6.45, 7) is 12.3. The highest BCUT2D eigenvalue weighted by molar-refractivity contribution is 7.09. The molecule has 36 heavy (non-hydrogen) atoms. The van der Waals surface area contributed by atoms with E-state index in [1.165, 1.54) is 11.3 Å². The summed E-state index contributed by atoms with van der Waals surface area (Å²) in [7, 11) is 0. The van der Waals surface area contributed by atoms with Crippen molar-refractivity contribution in [2.75, 3.05) is 0 Å². The molecule has 1 saturated heterocycles. The molecule has 192 valence electrons. The average molecular weight is 509 g/mol. The number of rotatable bonds is 6. The van der Waals surface area contributed by atoms with Gasteiger partial charge < -0.3 is 15.4 Å². The average Bonchev–Trinajstić information content (AvgIpc) is 3.44. The highest BCUT2D eigenvalue weighted by atomic mass is 32.1. The second kappa shape index (κ2) is 9.73. The first-order chi connectivity index (χ1) is 16.9. The number of hydrogen-bond donors (Lipinski definition) is 2. The molecule has 0 radical (unpaired) electrons. The minimum absolute atomic E-state index is 0.0517. The van der Waals surface area contributed by atoms with Gasteiger partial charge in [-0.3, -0.25) is 9.80 Å². The van der Waals surface area contributed by atoms with Gasteiger partial charge in [-0.2, -0.15) is 0 Å². The van der Waals surface area contributed by atoms with Gasteiger partial charge in [0.05, 0.1) is 6.04 Å². The quantitative estimate of drug-likeness (QED) is 0.536. The van der Waals surface area contributed by atoms with Crippen molar-refractivity contribution in [1.82, 2.24) is 20.3 Å². The predicted molar refractivity (Wildman–Crippen MR) is 142 cm³/mol. The Morgan fingerprint density at radius 2 is 1.94 bits per heavy atom. The molecule has 2 aliphatic rings. The van der Waals surface area contributed by atoms with Crippen LogP contribution in [0.2, 0.25) is 0 Å². The topological polar surface area (TPSA) is 85.8 Å². The smallest absolute Gasteiger partial charge is 0.329 e. The standard InChI is InChI=1S/C28H36N4O3S/c1-18(2)16-28(26(34)35)17-22(31-14-7-8-19(3)30-31)23(24-29-13-15-36-24)32(28)25(33)20-9-11-21(12-10-20)27(4,5)6/h7-15,18,22-23,30H,16-17H2,1-6H3,(H,34,35)/t22-,23+,28-/m0/s1. The summed E-state index contributed by atoms with van der Waals surface area (Å²) >= 11 is 1.45. The maximum absolute atomic E-state index is 14.3. The Bertz CT molecular complexity index is 1160. The zero-order valence-corrected chi connectivity index (χ0v) is 22.7. The lowest BCUT2D eigenvalue weighted by Gasteiger charge is -2.39. The molecule has 1 amide bonds. The van der Waals surface area contributed by atoms with Crippen LogP contribution in [0, 0.1) is 5.92 Å². The number of carbonyl (C=O) groups is 2. The molecule has 3 atom stereocenters. The number of benzene rings is 1. The first-order valence-corrected chi connectivity index (χ1v) is 13.3. The van der Waals surface area contributed by atoms with Gasteiger partial charge in [0, 0.05) is 35.5 Å². The van der Waals surface area contributed by atoms with Crippen molar-refractivity contribution >= 4 is 23.2 Å². The monoisotopic (exact) mass is 508 g/mol. The molecule has 1 fully saturated rings. The molecule has 0 spiro atoms. The van der Waals surface area contributed by atoms with Crippen LogP contribution in [0.25, 0.3) is 0 Å². The summed E-state index contributed by atoms with van der Waals surface area (Å²) in [5, 5.41) is 15.3. The van der Waals surface area contributed by atoms with Gasteiger partial charge in [-0.05, 0) is 54.5 Å². The van der Waals surface area contributed by atoms with E-state index in [1.807, 2.05) is 73.8 Å². The summed E-state index contributed by atoms with van der Waals surface area (Å²) in [5.41, 5.74) is 4.48. The third-order valence-electron chi connectivity index (χ3n) is 6.97. The number of carboxylic acids is 1. The molecule has 3 heterocycles. The van der Waals surface area contributed by atoms with Crippen LogP contribution in [-0.2, 0) is 10.2 Å². The molecule has 0 aliphatic carbocycles. The van der Waals surface area contributed by atoms with Crippen LogP contribution in [0.1, 0.15) is 81.4 Å². The summed E-state index contributed by atoms with van der Waals surface area (Å²) in [6.07, 6.45) is 8.14. The molecular formula is C28H36N4O3S. The molecule has 2 N–H and O–H groups in total. The normalized spacial score (nSPS) is 24.1. The van der Waals surface area contributed by atoms with Gasteiger partial charge in [-0.1, -0.05) is 46.8 Å². The molecule has 4 rings (SSSR count). The Morgan fingerprint density at radius 3 is 2.47 bits per heavy atom. The fourth-order valence-corrected chi connectivity index (χ4v) is 6.14. The van der Waals surface area contributed by atoms with Crippen LogP contribution in [0.3, 0.4) is 0 Å². The molecule has 0 bridgehead atoms. The van der Waals surface area contributed by atoms with Crippen molar-refractivity contribution in [2.24, 2.45) is 5.92 Å². The fraction of sp³-hybridized carbons (Fsp3) is 0.464. The number of aromatic nitrogens is 1. The minimum Gasteiger partial charge on any atom is -0.479 e. The Hall–Kier alpha value is -3.13. The number of likely N-dealkylation sites (tertiary alicyclic amines) is 1. The van der Waals surface area contributed by atoms with E-state index in [1.54, 1.807) is 11.1 Å². The summed E-state index contributed by atoms with van der Waals surface area (Å²) in [5.74, 6) is -1.19. The van der Waals surface area contributed by atoms with E-state index in [9.17, 15) is 14.7 Å². The Labute approximate surface area is 217 Å². The lowest BCUT2D eigenvalue weighted by Crippen LogP contribution is -2.54. The van der Waals surface area contributed by atoms with E-state index in [4.69, 9.17) is 0 Å². The third-order valence-corrected chi connectivity index (χ3v) is 7.82. The van der Waals surface area contributed by atoms with E-state index < -0.39 is 17.6 Å². The number of carboxylic acid groups (broad SMARTS) is 1. The summed E-state index contributed by atoms with van der Waals surface area (Å²) < 4.78 is 0. The lowest BCUT2D eigenvalue weighted by molar-refractivity contribution is -0.150. The molecule has 1 aromatic carbocycles. The lowest BCUT2D eigenvalue weighted by atomic mass is 9.84. The fourth-order valence-electron chi connectivity index (χ4n) is 5.36. The van der Waals surface area contributed by atoms with Crippen LogP contribution in [0.15, 0.2) is 59.9 Å². The molecule has 7 nitrogen and oxygen atoms in total. The van der Waals surface area contributed by atoms with Gasteiger partial charge in [-0.15, -0.1) is 11.3 Å². The van der Waals surface area contributed by atoms with Crippen molar-refractivity contribution in [3.8, 4) is 0 Å². The molecule has 0 unspecified atom stereocenters. The van der Waals surface area contributed by atoms with Crippen molar-refractivity contribution in [3.05, 3.63) is 76.0 Å². The van der Waals surface area contributed by atoms with E-state index in [0.29, 0.717) is 12.0 Å². The van der Waals surface area contributed by atoms with Crippen molar-refractivity contribution in [3.63, 3.8) is 0 Å².